The van der Waals surface area contributed by atoms with E-state index in [1.165, 1.54) is 5.56 Å². The van der Waals surface area contributed by atoms with Crippen molar-refractivity contribution in [2.75, 3.05) is 46.0 Å². The number of rotatable bonds is 10. The summed E-state index contributed by atoms with van der Waals surface area (Å²) in [7, 11) is 0. The largest absolute Gasteiger partial charge is 0.507 e. The Kier molecular flexibility index (Phi) is 8.79. The molecule has 4 rings (SSSR count). The smallest absolute Gasteiger partial charge is 0.295 e. The van der Waals surface area contributed by atoms with Gasteiger partial charge in [0.25, 0.3) is 11.7 Å². The molecule has 196 valence electrons. The van der Waals surface area contributed by atoms with Gasteiger partial charge >= 0.3 is 0 Å². The lowest BCUT2D eigenvalue weighted by atomic mass is 9.93. The van der Waals surface area contributed by atoms with E-state index in [-0.39, 0.29) is 11.3 Å². The molecule has 1 atom stereocenters. The number of nitrogens with zero attached hydrogens (tertiary/aromatic N) is 2. The molecule has 2 saturated heterocycles. The first kappa shape index (κ1) is 26.6. The summed E-state index contributed by atoms with van der Waals surface area (Å²) < 4.78 is 11.0. The van der Waals surface area contributed by atoms with Crippen LogP contribution in [-0.4, -0.2) is 72.6 Å². The first-order valence-corrected chi connectivity index (χ1v) is 12.9. The summed E-state index contributed by atoms with van der Waals surface area (Å²) in [5, 5.41) is 11.3. The first-order valence-electron chi connectivity index (χ1n) is 12.9. The number of amides is 1. The predicted octanol–water partition coefficient (Wildman–Crippen LogP) is 4.52. The van der Waals surface area contributed by atoms with Gasteiger partial charge in [-0.1, -0.05) is 50.8 Å². The summed E-state index contributed by atoms with van der Waals surface area (Å²) in [6.45, 7) is 12.6. The summed E-state index contributed by atoms with van der Waals surface area (Å²) in [6.07, 6.45) is 2.38. The molecular weight excluding hydrogens is 468 g/mol. The van der Waals surface area contributed by atoms with Crippen LogP contribution in [-0.2, 0) is 14.3 Å². The number of benzene rings is 2. The molecule has 0 aliphatic carbocycles. The zero-order chi connectivity index (χ0) is 26.4. The van der Waals surface area contributed by atoms with Gasteiger partial charge in [-0.2, -0.15) is 0 Å². The van der Waals surface area contributed by atoms with Gasteiger partial charge in [-0.05, 0) is 47.7 Å². The maximum atomic E-state index is 13.3. The fourth-order valence-electron chi connectivity index (χ4n) is 4.83. The van der Waals surface area contributed by atoms with Gasteiger partial charge in [0.1, 0.15) is 18.1 Å². The van der Waals surface area contributed by atoms with Gasteiger partial charge in [0.05, 0.1) is 24.8 Å². The number of Topliss-reactive ketones (excluding diaryl/α,β-unsaturated/α-hetero) is 1. The van der Waals surface area contributed by atoms with Crippen LogP contribution >= 0.6 is 0 Å². The molecule has 0 aromatic heterocycles. The third kappa shape index (κ3) is 6.12. The number of carbonyl (C=O) groups is 2. The van der Waals surface area contributed by atoms with Gasteiger partial charge in [0.2, 0.25) is 0 Å². The van der Waals surface area contributed by atoms with Gasteiger partial charge < -0.3 is 19.5 Å². The highest BCUT2D eigenvalue weighted by Crippen LogP contribution is 2.40. The van der Waals surface area contributed by atoms with Gasteiger partial charge in [-0.15, -0.1) is 0 Å². The van der Waals surface area contributed by atoms with E-state index >= 15 is 0 Å². The Morgan fingerprint density at radius 3 is 2.38 bits per heavy atom. The molecule has 2 aliphatic rings. The maximum Gasteiger partial charge on any atom is 0.295 e. The highest BCUT2D eigenvalue weighted by atomic mass is 16.5. The molecule has 2 aromatic rings. The van der Waals surface area contributed by atoms with Crippen LogP contribution in [0.1, 0.15) is 48.9 Å². The van der Waals surface area contributed by atoms with Crippen molar-refractivity contribution in [3.8, 4) is 5.75 Å². The second-order valence-corrected chi connectivity index (χ2v) is 9.75. The normalized spacial score (nSPS) is 20.0. The molecular formula is C30H36N2O5. The van der Waals surface area contributed by atoms with Crippen molar-refractivity contribution in [3.05, 3.63) is 83.4 Å². The topological polar surface area (TPSA) is 79.3 Å². The van der Waals surface area contributed by atoms with Crippen LogP contribution in [0.15, 0.2) is 66.8 Å². The van der Waals surface area contributed by atoms with Gasteiger partial charge in [0.15, 0.2) is 0 Å². The van der Waals surface area contributed by atoms with Crippen LogP contribution in [0.3, 0.4) is 0 Å². The Hall–Kier alpha value is -3.42. The third-order valence-corrected chi connectivity index (χ3v) is 6.93. The quantitative estimate of drug-likeness (QED) is 0.222. The standard InChI is InChI=1S/C30H36N2O5/c1-4-18-37-25-12-10-24(11-13-25)28(33)26-27(23-8-6-22(7-9-23)21(2)3)32(30(35)29(26)34)15-5-14-31-16-19-36-20-17-31/h4,6-13,21,27,33H,1,5,14-20H2,2-3H3/b28-26+/t27-/m1/s1. The summed E-state index contributed by atoms with van der Waals surface area (Å²) in [6, 6.07) is 14.2. The van der Waals surface area contributed by atoms with E-state index < -0.39 is 17.7 Å². The number of aliphatic hydroxyl groups excluding tert-OH is 1. The van der Waals surface area contributed by atoms with E-state index in [1.807, 2.05) is 24.3 Å². The minimum Gasteiger partial charge on any atom is -0.507 e. The second kappa shape index (κ2) is 12.2. The summed E-state index contributed by atoms with van der Waals surface area (Å²) in [5.41, 5.74) is 2.56. The number of aliphatic hydroxyl groups is 1. The maximum absolute atomic E-state index is 13.3. The number of likely N-dealkylation sites (tertiary alicyclic amines) is 1. The van der Waals surface area contributed by atoms with Crippen molar-refractivity contribution < 1.29 is 24.2 Å². The van der Waals surface area contributed by atoms with E-state index in [4.69, 9.17) is 9.47 Å². The molecule has 0 radical (unpaired) electrons. The van der Waals surface area contributed by atoms with Crippen molar-refractivity contribution in [3.63, 3.8) is 0 Å². The number of hydrogen-bond acceptors (Lipinski definition) is 6. The fraction of sp³-hybridized carbons (Fsp3) is 0.400. The van der Waals surface area contributed by atoms with E-state index in [1.54, 1.807) is 35.2 Å². The van der Waals surface area contributed by atoms with Crippen LogP contribution in [0, 0.1) is 0 Å². The number of ether oxygens (including phenoxy) is 2. The SMILES string of the molecule is C=CCOc1ccc(/C(O)=C2\C(=O)C(=O)N(CCCN3CCOCC3)[C@@H]2c2ccc(C(C)C)cc2)cc1. The molecule has 0 saturated carbocycles. The van der Waals surface area contributed by atoms with E-state index in [0.717, 1.165) is 31.6 Å². The van der Waals surface area contributed by atoms with Crippen molar-refractivity contribution in [2.24, 2.45) is 0 Å². The molecule has 0 bridgehead atoms. The Labute approximate surface area is 219 Å². The molecule has 2 heterocycles. The van der Waals surface area contributed by atoms with E-state index in [2.05, 4.69) is 25.3 Å². The molecule has 1 amide bonds. The van der Waals surface area contributed by atoms with Crippen LogP contribution in [0.2, 0.25) is 0 Å². The fourth-order valence-corrected chi connectivity index (χ4v) is 4.83. The van der Waals surface area contributed by atoms with Crippen LogP contribution in [0.5, 0.6) is 5.75 Å². The van der Waals surface area contributed by atoms with Crippen molar-refractivity contribution >= 4 is 17.4 Å². The average molecular weight is 505 g/mol. The van der Waals surface area contributed by atoms with Crippen molar-refractivity contribution in [1.29, 1.82) is 0 Å². The lowest BCUT2D eigenvalue weighted by Crippen LogP contribution is -2.38. The van der Waals surface area contributed by atoms with Crippen LogP contribution in [0.4, 0.5) is 0 Å². The summed E-state index contributed by atoms with van der Waals surface area (Å²) >= 11 is 0. The zero-order valence-corrected chi connectivity index (χ0v) is 21.7. The molecule has 2 aromatic carbocycles. The minimum absolute atomic E-state index is 0.119. The van der Waals surface area contributed by atoms with Gasteiger partial charge in [-0.3, -0.25) is 14.5 Å². The number of ketones is 1. The van der Waals surface area contributed by atoms with E-state index in [9.17, 15) is 14.7 Å². The minimum atomic E-state index is -0.659. The molecule has 2 aliphatic heterocycles. The molecule has 1 N–H and O–H groups in total. The van der Waals surface area contributed by atoms with Gasteiger partial charge in [0, 0.05) is 31.7 Å². The monoisotopic (exact) mass is 504 g/mol. The zero-order valence-electron chi connectivity index (χ0n) is 21.7. The summed E-state index contributed by atoms with van der Waals surface area (Å²) in [4.78, 5) is 30.4. The molecule has 7 heteroatoms. The Morgan fingerprint density at radius 1 is 1.08 bits per heavy atom. The highest BCUT2D eigenvalue weighted by Gasteiger charge is 2.45. The average Bonchev–Trinajstić information content (AvgIpc) is 3.17. The Morgan fingerprint density at radius 2 is 1.76 bits per heavy atom. The number of hydrogen-bond donors (Lipinski definition) is 1. The Bertz CT molecular complexity index is 1130. The van der Waals surface area contributed by atoms with Crippen molar-refractivity contribution in [1.82, 2.24) is 9.80 Å². The lowest BCUT2D eigenvalue weighted by molar-refractivity contribution is -0.140. The predicted molar refractivity (Wildman–Crippen MR) is 144 cm³/mol. The van der Waals surface area contributed by atoms with Crippen molar-refractivity contribution in [2.45, 2.75) is 32.2 Å². The lowest BCUT2D eigenvalue weighted by Gasteiger charge is -2.29. The number of morpholine rings is 1. The molecule has 2 fully saturated rings. The van der Waals surface area contributed by atoms with Crippen LogP contribution in [0.25, 0.3) is 5.76 Å². The summed E-state index contributed by atoms with van der Waals surface area (Å²) in [5.74, 6) is -0.431. The number of carbonyl (C=O) groups excluding carboxylic acids is 2. The van der Waals surface area contributed by atoms with Crippen LogP contribution < -0.4 is 4.74 Å². The third-order valence-electron chi connectivity index (χ3n) is 6.93. The molecule has 7 nitrogen and oxygen atoms in total. The van der Waals surface area contributed by atoms with E-state index in [0.29, 0.717) is 43.6 Å². The molecule has 37 heavy (non-hydrogen) atoms. The first-order chi connectivity index (χ1) is 17.9. The molecule has 0 spiro atoms. The van der Waals surface area contributed by atoms with Gasteiger partial charge in [-0.25, -0.2) is 0 Å². The molecule has 0 unspecified atom stereocenters. The highest BCUT2D eigenvalue weighted by molar-refractivity contribution is 6.46. The Balaban J connectivity index is 1.65. The second-order valence-electron chi connectivity index (χ2n) is 9.75.